The molecule has 0 unspecified atom stereocenters. The van der Waals surface area contributed by atoms with Gasteiger partial charge in [-0.1, -0.05) is 12.8 Å². The van der Waals surface area contributed by atoms with Crippen LogP contribution in [0.2, 0.25) is 0 Å². The molecule has 16 heavy (non-hydrogen) atoms. The van der Waals surface area contributed by atoms with E-state index in [0.717, 1.165) is 22.1 Å². The summed E-state index contributed by atoms with van der Waals surface area (Å²) in [7, 11) is 1.68. The smallest absolute Gasteiger partial charge is 0.150 e. The third-order valence-corrected chi connectivity index (χ3v) is 3.82. The SMILES string of the molecule is COc1c(Br)cc(C=O)cc1C1CCCC1. The standard InChI is InChI=1S/C13H15BrO2/c1-16-13-11(10-4-2-3-5-10)6-9(8-15)7-12(13)14/h6-8,10H,2-5H2,1H3. The maximum atomic E-state index is 10.9. The molecule has 0 amide bonds. The fraction of sp³-hybridized carbons (Fsp3) is 0.462. The second-order valence-electron chi connectivity index (χ2n) is 4.22. The van der Waals surface area contributed by atoms with Crippen molar-refractivity contribution in [3.05, 3.63) is 27.7 Å². The van der Waals surface area contributed by atoms with E-state index in [-0.39, 0.29) is 0 Å². The van der Waals surface area contributed by atoms with Crippen molar-refractivity contribution in [2.24, 2.45) is 0 Å². The molecule has 1 aliphatic carbocycles. The summed E-state index contributed by atoms with van der Waals surface area (Å²) in [4.78, 5) is 10.9. The van der Waals surface area contributed by atoms with Gasteiger partial charge in [-0.25, -0.2) is 0 Å². The van der Waals surface area contributed by atoms with Gasteiger partial charge in [0, 0.05) is 5.56 Å². The highest BCUT2D eigenvalue weighted by atomic mass is 79.9. The molecule has 1 saturated carbocycles. The molecule has 1 aromatic carbocycles. The number of rotatable bonds is 3. The summed E-state index contributed by atoms with van der Waals surface area (Å²) < 4.78 is 6.30. The van der Waals surface area contributed by atoms with Crippen LogP contribution in [0.5, 0.6) is 5.75 Å². The van der Waals surface area contributed by atoms with Crippen molar-refractivity contribution in [3.8, 4) is 5.75 Å². The van der Waals surface area contributed by atoms with E-state index in [9.17, 15) is 4.79 Å². The van der Waals surface area contributed by atoms with Gasteiger partial charge in [0.1, 0.15) is 12.0 Å². The van der Waals surface area contributed by atoms with E-state index in [1.54, 1.807) is 7.11 Å². The zero-order valence-corrected chi connectivity index (χ0v) is 10.9. The Labute approximate surface area is 104 Å². The molecule has 86 valence electrons. The Morgan fingerprint density at radius 3 is 2.62 bits per heavy atom. The van der Waals surface area contributed by atoms with Crippen molar-refractivity contribution >= 4 is 22.2 Å². The molecule has 0 N–H and O–H groups in total. The molecular formula is C13H15BrO2. The molecule has 3 heteroatoms. The van der Waals surface area contributed by atoms with Gasteiger partial charge in [-0.2, -0.15) is 0 Å². The minimum atomic E-state index is 0.547. The van der Waals surface area contributed by atoms with Crippen LogP contribution < -0.4 is 4.74 Å². The van der Waals surface area contributed by atoms with E-state index in [0.29, 0.717) is 5.92 Å². The number of benzene rings is 1. The van der Waals surface area contributed by atoms with Crippen molar-refractivity contribution in [1.82, 2.24) is 0 Å². The first-order valence-electron chi connectivity index (χ1n) is 5.59. The van der Waals surface area contributed by atoms with Gasteiger partial charge >= 0.3 is 0 Å². The first kappa shape index (κ1) is 11.6. The van der Waals surface area contributed by atoms with Crippen molar-refractivity contribution in [2.75, 3.05) is 7.11 Å². The monoisotopic (exact) mass is 282 g/mol. The molecule has 0 bridgehead atoms. The van der Waals surface area contributed by atoms with Gasteiger partial charge in [-0.05, 0) is 52.4 Å². The average molecular weight is 283 g/mol. The highest BCUT2D eigenvalue weighted by molar-refractivity contribution is 9.10. The fourth-order valence-electron chi connectivity index (χ4n) is 2.46. The van der Waals surface area contributed by atoms with Crippen LogP contribution in [-0.2, 0) is 0 Å². The van der Waals surface area contributed by atoms with Crippen LogP contribution in [0.25, 0.3) is 0 Å². The molecule has 0 atom stereocenters. The van der Waals surface area contributed by atoms with E-state index in [2.05, 4.69) is 15.9 Å². The summed E-state index contributed by atoms with van der Waals surface area (Å²) in [5.41, 5.74) is 1.89. The van der Waals surface area contributed by atoms with Crippen LogP contribution in [0.4, 0.5) is 0 Å². The van der Waals surface area contributed by atoms with Crippen LogP contribution >= 0.6 is 15.9 Å². The van der Waals surface area contributed by atoms with E-state index in [1.807, 2.05) is 12.1 Å². The average Bonchev–Trinajstić information content (AvgIpc) is 2.81. The molecule has 2 nitrogen and oxygen atoms in total. The Kier molecular flexibility index (Phi) is 3.64. The number of carbonyl (C=O) groups is 1. The number of hydrogen-bond donors (Lipinski definition) is 0. The minimum absolute atomic E-state index is 0.547. The molecule has 0 spiro atoms. The van der Waals surface area contributed by atoms with E-state index >= 15 is 0 Å². The zero-order chi connectivity index (χ0) is 11.5. The molecule has 0 heterocycles. The number of carbonyl (C=O) groups excluding carboxylic acids is 1. The molecule has 1 aliphatic rings. The second kappa shape index (κ2) is 5.00. The van der Waals surface area contributed by atoms with E-state index in [4.69, 9.17) is 4.74 Å². The third kappa shape index (κ3) is 2.14. The van der Waals surface area contributed by atoms with Gasteiger partial charge < -0.3 is 4.74 Å². The lowest BCUT2D eigenvalue weighted by Crippen LogP contribution is -1.99. The first-order chi connectivity index (χ1) is 7.76. The predicted molar refractivity (Wildman–Crippen MR) is 67.3 cm³/mol. The van der Waals surface area contributed by atoms with Crippen molar-refractivity contribution in [1.29, 1.82) is 0 Å². The Balaban J connectivity index is 2.46. The molecule has 2 rings (SSSR count). The molecule has 0 saturated heterocycles. The van der Waals surface area contributed by atoms with Gasteiger partial charge in [-0.15, -0.1) is 0 Å². The van der Waals surface area contributed by atoms with Crippen LogP contribution in [0.15, 0.2) is 16.6 Å². The number of ether oxygens (including phenoxy) is 1. The lowest BCUT2D eigenvalue weighted by Gasteiger charge is -2.16. The molecule has 0 aromatic heterocycles. The zero-order valence-electron chi connectivity index (χ0n) is 9.33. The van der Waals surface area contributed by atoms with E-state index < -0.39 is 0 Å². The van der Waals surface area contributed by atoms with Crippen molar-refractivity contribution in [3.63, 3.8) is 0 Å². The molecule has 0 aliphatic heterocycles. The summed E-state index contributed by atoms with van der Waals surface area (Å²) >= 11 is 3.46. The fourth-order valence-corrected chi connectivity index (χ4v) is 3.12. The highest BCUT2D eigenvalue weighted by Gasteiger charge is 2.22. The van der Waals surface area contributed by atoms with Crippen LogP contribution in [0, 0.1) is 0 Å². The molecule has 0 radical (unpaired) electrons. The van der Waals surface area contributed by atoms with Gasteiger partial charge in [0.25, 0.3) is 0 Å². The Morgan fingerprint density at radius 2 is 2.06 bits per heavy atom. The Morgan fingerprint density at radius 1 is 1.38 bits per heavy atom. The summed E-state index contributed by atoms with van der Waals surface area (Å²) in [5, 5.41) is 0. The quantitative estimate of drug-likeness (QED) is 0.786. The van der Waals surface area contributed by atoms with Crippen molar-refractivity contribution in [2.45, 2.75) is 31.6 Å². The second-order valence-corrected chi connectivity index (χ2v) is 5.08. The topological polar surface area (TPSA) is 26.3 Å². The van der Waals surface area contributed by atoms with Gasteiger partial charge in [0.2, 0.25) is 0 Å². The van der Waals surface area contributed by atoms with E-state index in [1.165, 1.54) is 31.2 Å². The highest BCUT2D eigenvalue weighted by Crippen LogP contribution is 2.42. The number of halogens is 1. The predicted octanol–water partition coefficient (Wildman–Crippen LogP) is 3.93. The maximum absolute atomic E-state index is 10.9. The normalized spacial score (nSPS) is 16.4. The molecular weight excluding hydrogens is 268 g/mol. The van der Waals surface area contributed by atoms with Crippen LogP contribution in [-0.4, -0.2) is 13.4 Å². The molecule has 1 fully saturated rings. The third-order valence-electron chi connectivity index (χ3n) is 3.23. The first-order valence-corrected chi connectivity index (χ1v) is 6.38. The van der Waals surface area contributed by atoms with Crippen molar-refractivity contribution < 1.29 is 9.53 Å². The Bertz CT molecular complexity index is 395. The lowest BCUT2D eigenvalue weighted by molar-refractivity contribution is 0.112. The minimum Gasteiger partial charge on any atom is -0.495 e. The van der Waals surface area contributed by atoms with Crippen LogP contribution in [0.3, 0.4) is 0 Å². The Hall–Kier alpha value is -0.830. The molecule has 1 aromatic rings. The van der Waals surface area contributed by atoms with Gasteiger partial charge in [0.05, 0.1) is 11.6 Å². The number of hydrogen-bond acceptors (Lipinski definition) is 2. The largest absolute Gasteiger partial charge is 0.495 e. The lowest BCUT2D eigenvalue weighted by atomic mass is 9.95. The maximum Gasteiger partial charge on any atom is 0.150 e. The number of methoxy groups -OCH3 is 1. The van der Waals surface area contributed by atoms with Gasteiger partial charge in [-0.3, -0.25) is 4.79 Å². The summed E-state index contributed by atoms with van der Waals surface area (Å²) in [6, 6.07) is 3.77. The van der Waals surface area contributed by atoms with Crippen LogP contribution in [0.1, 0.15) is 47.5 Å². The summed E-state index contributed by atoms with van der Waals surface area (Å²) in [6.45, 7) is 0. The summed E-state index contributed by atoms with van der Waals surface area (Å²) in [5.74, 6) is 1.43. The number of aldehydes is 1. The van der Waals surface area contributed by atoms with Gasteiger partial charge in [0.15, 0.2) is 0 Å². The summed E-state index contributed by atoms with van der Waals surface area (Å²) in [6.07, 6.45) is 5.84.